The second-order valence-electron chi connectivity index (χ2n) is 7.15. The molecule has 0 saturated carbocycles. The van der Waals surface area contributed by atoms with Crippen molar-refractivity contribution in [2.75, 3.05) is 18.4 Å². The second-order valence-corrected chi connectivity index (χ2v) is 7.15. The molecule has 2 aliphatic heterocycles. The molecule has 1 aromatic heterocycles. The van der Waals surface area contributed by atoms with E-state index in [1.54, 1.807) is 11.1 Å². The zero-order valence-electron chi connectivity index (χ0n) is 14.3. The van der Waals surface area contributed by atoms with E-state index >= 15 is 0 Å². The van der Waals surface area contributed by atoms with Gasteiger partial charge in [0, 0.05) is 24.2 Å². The molecular formula is C19H16F2N4O2. The van der Waals surface area contributed by atoms with Crippen LogP contribution in [0.5, 0.6) is 0 Å². The van der Waals surface area contributed by atoms with Crippen molar-refractivity contribution in [3.63, 3.8) is 0 Å². The molecule has 3 amide bonds. The first-order chi connectivity index (χ1) is 13.0. The number of pyridine rings is 1. The van der Waals surface area contributed by atoms with Gasteiger partial charge in [0.1, 0.15) is 6.54 Å². The highest BCUT2D eigenvalue weighted by Gasteiger charge is 2.45. The van der Waals surface area contributed by atoms with E-state index in [1.807, 2.05) is 12.1 Å². The van der Waals surface area contributed by atoms with Crippen LogP contribution in [0.3, 0.4) is 0 Å². The third-order valence-electron chi connectivity index (χ3n) is 5.65. The third-order valence-corrected chi connectivity index (χ3v) is 5.65. The minimum absolute atomic E-state index is 0.0531. The fraction of sp³-hybridized carbons (Fsp3) is 0.316. The molecule has 27 heavy (non-hydrogen) atoms. The van der Waals surface area contributed by atoms with Crippen LogP contribution in [0, 0.1) is 11.6 Å². The number of likely N-dealkylation sites (tertiary alicyclic amines) is 1. The third kappa shape index (κ3) is 2.39. The fourth-order valence-corrected chi connectivity index (χ4v) is 4.35. The average Bonchev–Trinajstić information content (AvgIpc) is 3.26. The van der Waals surface area contributed by atoms with E-state index in [2.05, 4.69) is 10.3 Å². The quantitative estimate of drug-likeness (QED) is 0.884. The Morgan fingerprint density at radius 2 is 2.15 bits per heavy atom. The number of fused-ring (bicyclic) bond motifs is 6. The number of hydrogen-bond donors (Lipinski definition) is 1. The minimum Gasteiger partial charge on any atom is -0.332 e. The predicted octanol–water partition coefficient (Wildman–Crippen LogP) is 2.78. The molecule has 138 valence electrons. The SMILES string of the molecule is O=C1Nc2ccc(F)c(F)c2CN1CC(=O)N1C[C@@H]2C[C@H]1c1ncccc12. The molecule has 1 saturated heterocycles. The normalized spacial score (nSPS) is 22.5. The Morgan fingerprint density at radius 3 is 3.00 bits per heavy atom. The van der Waals surface area contributed by atoms with Crippen LogP contribution in [-0.4, -0.2) is 39.8 Å². The van der Waals surface area contributed by atoms with Crippen LogP contribution < -0.4 is 5.32 Å². The van der Waals surface area contributed by atoms with Crippen molar-refractivity contribution in [3.8, 4) is 0 Å². The number of carbonyl (C=O) groups is 2. The van der Waals surface area contributed by atoms with Crippen LogP contribution >= 0.6 is 0 Å². The monoisotopic (exact) mass is 370 g/mol. The van der Waals surface area contributed by atoms with E-state index in [-0.39, 0.29) is 42.2 Å². The lowest BCUT2D eigenvalue weighted by Gasteiger charge is -2.33. The zero-order valence-corrected chi connectivity index (χ0v) is 14.3. The van der Waals surface area contributed by atoms with E-state index in [0.717, 1.165) is 18.2 Å². The summed E-state index contributed by atoms with van der Waals surface area (Å²) in [6, 6.07) is 5.67. The van der Waals surface area contributed by atoms with E-state index in [4.69, 9.17) is 0 Å². The lowest BCUT2D eigenvalue weighted by atomic mass is 10.0. The van der Waals surface area contributed by atoms with Crippen LogP contribution in [-0.2, 0) is 11.3 Å². The van der Waals surface area contributed by atoms with E-state index < -0.39 is 17.7 Å². The maximum atomic E-state index is 14.1. The summed E-state index contributed by atoms with van der Waals surface area (Å²) in [5, 5.41) is 2.52. The fourth-order valence-electron chi connectivity index (χ4n) is 4.35. The molecule has 5 rings (SSSR count). The van der Waals surface area contributed by atoms with Gasteiger partial charge >= 0.3 is 6.03 Å². The number of nitrogens with zero attached hydrogens (tertiary/aromatic N) is 3. The first-order valence-corrected chi connectivity index (χ1v) is 8.80. The Bertz CT molecular complexity index is 980. The molecule has 1 fully saturated rings. The van der Waals surface area contributed by atoms with E-state index in [9.17, 15) is 18.4 Å². The Labute approximate surface area is 153 Å². The summed E-state index contributed by atoms with van der Waals surface area (Å²) in [4.78, 5) is 32.5. The molecule has 0 radical (unpaired) electrons. The number of halogens is 2. The first-order valence-electron chi connectivity index (χ1n) is 8.80. The van der Waals surface area contributed by atoms with Gasteiger partial charge in [0.05, 0.1) is 24.0 Å². The Morgan fingerprint density at radius 1 is 1.30 bits per heavy atom. The molecule has 3 heterocycles. The summed E-state index contributed by atoms with van der Waals surface area (Å²) in [6.45, 7) is 0.261. The van der Waals surface area contributed by atoms with Gasteiger partial charge in [-0.25, -0.2) is 13.6 Å². The van der Waals surface area contributed by atoms with Crippen LogP contribution in [0.15, 0.2) is 30.5 Å². The summed E-state index contributed by atoms with van der Waals surface area (Å²) in [5.41, 5.74) is 2.40. The van der Waals surface area contributed by atoms with Gasteiger partial charge in [0.25, 0.3) is 0 Å². The number of amides is 3. The van der Waals surface area contributed by atoms with Crippen molar-refractivity contribution in [3.05, 3.63) is 58.9 Å². The Kier molecular flexibility index (Phi) is 3.43. The summed E-state index contributed by atoms with van der Waals surface area (Å²) in [6.07, 6.45) is 2.56. The van der Waals surface area contributed by atoms with Gasteiger partial charge < -0.3 is 15.1 Å². The molecule has 3 aliphatic rings. The molecular weight excluding hydrogens is 354 g/mol. The van der Waals surface area contributed by atoms with Gasteiger partial charge in [0.15, 0.2) is 11.6 Å². The average molecular weight is 370 g/mol. The van der Waals surface area contributed by atoms with Crippen LogP contribution in [0.25, 0.3) is 0 Å². The van der Waals surface area contributed by atoms with Crippen LogP contribution in [0.2, 0.25) is 0 Å². The maximum absolute atomic E-state index is 14.1. The molecule has 0 unspecified atom stereocenters. The minimum atomic E-state index is -0.997. The predicted molar refractivity (Wildman–Crippen MR) is 91.8 cm³/mol. The van der Waals surface area contributed by atoms with Crippen molar-refractivity contribution in [1.82, 2.24) is 14.8 Å². The molecule has 1 aromatic carbocycles. The van der Waals surface area contributed by atoms with Crippen molar-refractivity contribution in [2.45, 2.75) is 24.9 Å². The van der Waals surface area contributed by atoms with E-state index in [1.165, 1.54) is 16.5 Å². The molecule has 1 N–H and O–H groups in total. The van der Waals surface area contributed by atoms with Gasteiger partial charge in [-0.1, -0.05) is 6.07 Å². The molecule has 2 bridgehead atoms. The number of anilines is 1. The highest BCUT2D eigenvalue weighted by atomic mass is 19.2. The van der Waals surface area contributed by atoms with Crippen LogP contribution in [0.1, 0.15) is 35.2 Å². The highest BCUT2D eigenvalue weighted by Crippen LogP contribution is 2.49. The number of urea groups is 1. The number of nitrogens with one attached hydrogen (secondary N) is 1. The summed E-state index contributed by atoms with van der Waals surface area (Å²) >= 11 is 0. The summed E-state index contributed by atoms with van der Waals surface area (Å²) < 4.78 is 27.5. The smallest absolute Gasteiger partial charge is 0.322 e. The van der Waals surface area contributed by atoms with Gasteiger partial charge in [-0.2, -0.15) is 0 Å². The highest BCUT2D eigenvalue weighted by molar-refractivity contribution is 5.95. The van der Waals surface area contributed by atoms with E-state index in [0.29, 0.717) is 6.54 Å². The maximum Gasteiger partial charge on any atom is 0.322 e. The number of aromatic nitrogens is 1. The van der Waals surface area contributed by atoms with Crippen molar-refractivity contribution < 1.29 is 18.4 Å². The largest absolute Gasteiger partial charge is 0.332 e. The van der Waals surface area contributed by atoms with Gasteiger partial charge in [-0.3, -0.25) is 9.78 Å². The molecule has 8 heteroatoms. The number of hydrogen-bond acceptors (Lipinski definition) is 3. The molecule has 6 nitrogen and oxygen atoms in total. The first kappa shape index (κ1) is 16.2. The molecule has 1 aliphatic carbocycles. The van der Waals surface area contributed by atoms with Crippen molar-refractivity contribution >= 4 is 17.6 Å². The second kappa shape index (κ2) is 5.73. The van der Waals surface area contributed by atoms with Gasteiger partial charge in [0.2, 0.25) is 5.91 Å². The summed E-state index contributed by atoms with van der Waals surface area (Å²) in [7, 11) is 0. The Hall–Kier alpha value is -3.03. The van der Waals surface area contributed by atoms with Gasteiger partial charge in [-0.15, -0.1) is 0 Å². The lowest BCUT2D eigenvalue weighted by Crippen LogP contribution is -2.46. The molecule has 2 aromatic rings. The lowest BCUT2D eigenvalue weighted by molar-refractivity contribution is -0.133. The molecule has 0 spiro atoms. The summed E-state index contributed by atoms with van der Waals surface area (Å²) in [5.74, 6) is -1.92. The number of carbonyl (C=O) groups excluding carboxylic acids is 2. The zero-order chi connectivity index (χ0) is 18.7. The number of rotatable bonds is 2. The topological polar surface area (TPSA) is 65.5 Å². The molecule has 2 atom stereocenters. The van der Waals surface area contributed by atoms with Crippen LogP contribution in [0.4, 0.5) is 19.3 Å². The van der Waals surface area contributed by atoms with Gasteiger partial charge in [-0.05, 0) is 30.2 Å². The Balaban J connectivity index is 1.35. The standard InChI is InChI=1S/C19H16F2N4O2/c20-13-3-4-14-12(17(13)21)8-24(19(27)23-14)9-16(26)25-7-10-6-15(25)18-11(10)2-1-5-22-18/h1-5,10,15H,6-9H2,(H,23,27)/t10-,15-/m0/s1. The van der Waals surface area contributed by atoms with Crippen molar-refractivity contribution in [1.29, 1.82) is 0 Å². The number of benzene rings is 1. The van der Waals surface area contributed by atoms with Crippen molar-refractivity contribution in [2.24, 2.45) is 0 Å².